The smallest absolute Gasteiger partial charge is 0.143 e. The Balaban J connectivity index is 1.68. The zero-order chi connectivity index (χ0) is 28.6. The van der Waals surface area contributed by atoms with E-state index in [1.807, 2.05) is 29.3 Å². The van der Waals surface area contributed by atoms with Gasteiger partial charge in [0, 0.05) is 45.1 Å². The molecule has 0 bridgehead atoms. The van der Waals surface area contributed by atoms with E-state index in [4.69, 9.17) is 12.9 Å². The van der Waals surface area contributed by atoms with Crippen LogP contribution in [-0.4, -0.2) is 52.2 Å². The van der Waals surface area contributed by atoms with Gasteiger partial charge in [0.25, 0.3) is 0 Å². The second-order valence-corrected chi connectivity index (χ2v) is 11.6. The summed E-state index contributed by atoms with van der Waals surface area (Å²) in [5.74, 6) is -0.0572. The lowest BCUT2D eigenvalue weighted by Crippen LogP contribution is -2.30. The maximum absolute atomic E-state index is 15.5. The van der Waals surface area contributed by atoms with Gasteiger partial charge in [-0.25, -0.2) is 13.8 Å². The Bertz CT molecular complexity index is 1360. The minimum absolute atomic E-state index is 0.0473. The average molecular weight is 552 g/mol. The lowest BCUT2D eigenvalue weighted by molar-refractivity contribution is 0.389. The number of aryl methyl sites for hydroxylation is 2. The highest BCUT2D eigenvalue weighted by molar-refractivity contribution is 7.21. The predicted octanol–water partition coefficient (Wildman–Crippen LogP) is 6.48. The van der Waals surface area contributed by atoms with Crippen LogP contribution in [0.15, 0.2) is 36.0 Å². The molecule has 4 rings (SSSR count). The quantitative estimate of drug-likeness (QED) is 0.225. The van der Waals surface area contributed by atoms with Crippen molar-refractivity contribution < 1.29 is 8.78 Å². The largest absolute Gasteiger partial charge is 0.370 e. The van der Waals surface area contributed by atoms with Crippen molar-refractivity contribution >= 4 is 28.5 Å². The molecule has 2 aromatic heterocycles. The zero-order valence-corrected chi connectivity index (χ0v) is 25.3. The molecule has 0 spiro atoms. The first-order valence-electron chi connectivity index (χ1n) is 13.7. The summed E-state index contributed by atoms with van der Waals surface area (Å²) in [6.07, 6.45) is 4.42. The van der Waals surface area contributed by atoms with Gasteiger partial charge in [-0.15, -0.1) is 9.24 Å². The van der Waals surface area contributed by atoms with Gasteiger partial charge in [-0.3, -0.25) is 4.68 Å². The fraction of sp³-hybridized carbons (Fsp3) is 0.517. The van der Waals surface area contributed by atoms with E-state index in [-0.39, 0.29) is 11.7 Å². The Labute approximate surface area is 235 Å². The van der Waals surface area contributed by atoms with Gasteiger partial charge in [-0.2, -0.15) is 5.10 Å². The average Bonchev–Trinajstić information content (AvgIpc) is 3.52. The molecule has 10 heteroatoms. The fourth-order valence-electron chi connectivity index (χ4n) is 5.24. The van der Waals surface area contributed by atoms with E-state index in [0.717, 1.165) is 42.9 Å². The summed E-state index contributed by atoms with van der Waals surface area (Å²) in [6, 6.07) is 7.76. The molecule has 3 heterocycles. The molecule has 1 aliphatic heterocycles. The lowest BCUT2D eigenvalue weighted by atomic mass is 9.98. The van der Waals surface area contributed by atoms with Gasteiger partial charge in [-0.05, 0) is 76.8 Å². The third kappa shape index (κ3) is 5.79. The number of rotatable bonds is 9. The van der Waals surface area contributed by atoms with Crippen LogP contribution < -0.4 is 4.90 Å². The molecule has 0 saturated carbocycles. The predicted molar refractivity (Wildman–Crippen MR) is 160 cm³/mol. The van der Waals surface area contributed by atoms with Crippen LogP contribution in [0.5, 0.6) is 0 Å². The van der Waals surface area contributed by atoms with Gasteiger partial charge >= 0.3 is 0 Å². The number of allylic oxidation sites excluding steroid dienone is 1. The van der Waals surface area contributed by atoms with Gasteiger partial charge in [0.05, 0.1) is 28.7 Å². The molecule has 0 N–H and O–H groups in total. The third-order valence-corrected chi connectivity index (χ3v) is 8.18. The molecule has 6 nitrogen and oxygen atoms in total. The Morgan fingerprint density at radius 1 is 1.26 bits per heavy atom. The van der Waals surface area contributed by atoms with E-state index >= 15 is 4.39 Å². The summed E-state index contributed by atoms with van der Waals surface area (Å²) in [6.45, 7) is 12.0. The Hall–Kier alpha value is -2.67. The lowest BCUT2D eigenvalue weighted by Gasteiger charge is -2.33. The van der Waals surface area contributed by atoms with Crippen LogP contribution in [0.2, 0.25) is 0 Å². The summed E-state index contributed by atoms with van der Waals surface area (Å²) in [5, 5.41) is 2.85. The number of imidazole rings is 1. The minimum atomic E-state index is -2.18. The number of aromatic nitrogens is 4. The monoisotopic (exact) mass is 552 g/mol. The SMILES string of the molecule is [B]C(F)(P)c1cn(CC)c(-c2ccc(N(C)C3CCCn4nc(/C(=C(\C)CC)N(C)C(C)C)cc43)cc2F)n1. The molecular formula is C29H40BF2N6P. The first-order chi connectivity index (χ1) is 18.4. The summed E-state index contributed by atoms with van der Waals surface area (Å²) < 4.78 is 33.7. The minimum Gasteiger partial charge on any atom is -0.370 e. The van der Waals surface area contributed by atoms with E-state index in [9.17, 15) is 4.39 Å². The van der Waals surface area contributed by atoms with Crippen LogP contribution in [0.25, 0.3) is 17.1 Å². The summed E-state index contributed by atoms with van der Waals surface area (Å²) in [5.41, 5.74) is 5.73. The second kappa shape index (κ2) is 11.4. The molecule has 2 radical (unpaired) electrons. The Morgan fingerprint density at radius 2 is 1.97 bits per heavy atom. The molecule has 3 aromatic rings. The standard InChI is InChI=1S/C29H40BF2N6P/c1-8-19(5)27(35(6)18(3)4)23-16-25-24(11-10-14-38(25)34-23)36(7)20-12-13-21(22(31)15-20)28-33-26(29(30,32)39)17-37(28)9-2/h12-13,15-18,24H,8-11,14,39H2,1-7H3/b27-19-. The van der Waals surface area contributed by atoms with Crippen molar-refractivity contribution in [1.29, 1.82) is 0 Å². The van der Waals surface area contributed by atoms with Crippen LogP contribution in [0, 0.1) is 5.82 Å². The second-order valence-electron chi connectivity index (χ2n) is 10.8. The fourth-order valence-corrected chi connectivity index (χ4v) is 5.37. The van der Waals surface area contributed by atoms with Crippen LogP contribution in [0.4, 0.5) is 14.5 Å². The topological polar surface area (TPSA) is 42.1 Å². The van der Waals surface area contributed by atoms with E-state index in [2.05, 4.69) is 60.3 Å². The highest BCUT2D eigenvalue weighted by atomic mass is 31.0. The Morgan fingerprint density at radius 3 is 2.56 bits per heavy atom. The first kappa shape index (κ1) is 29.3. The van der Waals surface area contributed by atoms with Gasteiger partial charge in [-0.1, -0.05) is 6.92 Å². The number of benzene rings is 1. The molecule has 0 aliphatic carbocycles. The molecule has 1 aliphatic rings. The molecule has 0 saturated heterocycles. The molecule has 208 valence electrons. The molecule has 0 amide bonds. The molecule has 39 heavy (non-hydrogen) atoms. The van der Waals surface area contributed by atoms with Crippen molar-refractivity contribution in [3.05, 3.63) is 58.9 Å². The molecule has 3 atom stereocenters. The van der Waals surface area contributed by atoms with Crippen molar-refractivity contribution in [1.82, 2.24) is 24.2 Å². The van der Waals surface area contributed by atoms with Crippen molar-refractivity contribution in [2.24, 2.45) is 0 Å². The number of alkyl halides is 1. The zero-order valence-electron chi connectivity index (χ0n) is 24.2. The normalized spacial score (nSPS) is 17.6. The van der Waals surface area contributed by atoms with Crippen LogP contribution in [0.3, 0.4) is 0 Å². The third-order valence-electron chi connectivity index (χ3n) is 7.88. The van der Waals surface area contributed by atoms with Gasteiger partial charge in [0.2, 0.25) is 0 Å². The van der Waals surface area contributed by atoms with E-state index in [0.29, 0.717) is 24.0 Å². The van der Waals surface area contributed by atoms with Crippen molar-refractivity contribution in [3.63, 3.8) is 0 Å². The first-order valence-corrected chi connectivity index (χ1v) is 14.3. The molecule has 1 aromatic carbocycles. The highest BCUT2D eigenvalue weighted by Gasteiger charge is 2.29. The number of hydrogen-bond acceptors (Lipinski definition) is 4. The van der Waals surface area contributed by atoms with Crippen LogP contribution in [-0.2, 0) is 18.4 Å². The van der Waals surface area contributed by atoms with Gasteiger partial charge < -0.3 is 14.4 Å². The van der Waals surface area contributed by atoms with Crippen LogP contribution in [0.1, 0.15) is 77.0 Å². The summed E-state index contributed by atoms with van der Waals surface area (Å²) in [4.78, 5) is 8.73. The molecular weight excluding hydrogens is 512 g/mol. The van der Waals surface area contributed by atoms with Gasteiger partial charge in [0.1, 0.15) is 30.5 Å². The summed E-state index contributed by atoms with van der Waals surface area (Å²) in [7, 11) is 11.6. The summed E-state index contributed by atoms with van der Waals surface area (Å²) >= 11 is 0. The number of nitrogens with zero attached hydrogens (tertiary/aromatic N) is 6. The van der Waals surface area contributed by atoms with E-state index in [1.54, 1.807) is 10.6 Å². The van der Waals surface area contributed by atoms with Crippen LogP contribution >= 0.6 is 9.24 Å². The van der Waals surface area contributed by atoms with Crippen molar-refractivity contribution in [3.8, 4) is 11.4 Å². The van der Waals surface area contributed by atoms with E-state index < -0.39 is 11.1 Å². The molecule has 3 unspecified atom stereocenters. The number of anilines is 1. The number of hydrogen-bond donors (Lipinski definition) is 0. The van der Waals surface area contributed by atoms with Gasteiger partial charge in [0.15, 0.2) is 0 Å². The van der Waals surface area contributed by atoms with Crippen molar-refractivity contribution in [2.75, 3.05) is 19.0 Å². The van der Waals surface area contributed by atoms with Crippen molar-refractivity contribution in [2.45, 2.75) is 84.4 Å². The number of halogens is 2. The Kier molecular flexibility index (Phi) is 8.60. The number of fused-ring (bicyclic) bond motifs is 1. The highest BCUT2D eigenvalue weighted by Crippen LogP contribution is 2.38. The van der Waals surface area contributed by atoms with E-state index in [1.165, 1.54) is 23.5 Å². The molecule has 0 fully saturated rings. The maximum atomic E-state index is 15.5. The maximum Gasteiger partial charge on any atom is 0.143 e.